The van der Waals surface area contributed by atoms with Gasteiger partial charge < -0.3 is 106 Å². The molecule has 0 aromatic rings. The maximum Gasteiger partial charge on any atom is 0.335 e. The van der Waals surface area contributed by atoms with Crippen LogP contribution in [-0.4, -0.2) is 224 Å². The number of primary amides is 2. The van der Waals surface area contributed by atoms with Crippen LogP contribution in [0, 0.1) is 0 Å². The van der Waals surface area contributed by atoms with Crippen molar-refractivity contribution >= 4 is 100 Å². The molecule has 0 spiro atoms. The lowest BCUT2D eigenvalue weighted by Gasteiger charge is -2.34. The number of nitrogens with two attached hydrogens (primary N) is 3. The quantitative estimate of drug-likeness (QED) is 0.0233. The highest BCUT2D eigenvalue weighted by molar-refractivity contribution is 6.02. The number of carbonyl (C=O) groups is 14. The van der Waals surface area contributed by atoms with Gasteiger partial charge in [-0.25, -0.2) is 9.86 Å². The maximum atomic E-state index is 14.1. The molecule has 4 aliphatic heterocycles. The lowest BCUT2D eigenvalue weighted by Crippen LogP contribution is -2.62. The highest BCUT2D eigenvalue weighted by Gasteiger charge is 2.39. The van der Waals surface area contributed by atoms with E-state index in [1.807, 2.05) is 5.32 Å². The van der Waals surface area contributed by atoms with Crippen LogP contribution in [0.25, 0.3) is 11.3 Å². The molecule has 13 amide bonds. The van der Waals surface area contributed by atoms with Crippen LogP contribution >= 0.6 is 0 Å². The summed E-state index contributed by atoms with van der Waals surface area (Å²) in [6, 6.07) is -9.08. The van der Waals surface area contributed by atoms with E-state index in [1.54, 1.807) is 0 Å². The molecule has 1 saturated heterocycles. The van der Waals surface area contributed by atoms with E-state index in [-0.39, 0.29) is 99.7 Å². The lowest BCUT2D eigenvalue weighted by molar-refractivity contribution is -0.173. The molecular weight excluding hydrogens is 1220 g/mol. The van der Waals surface area contributed by atoms with Crippen molar-refractivity contribution in [2.24, 2.45) is 22.2 Å². The SMILES string of the molecule is CC(NC(=O)C(CO)NC(=O)C1CCN=C(C(CCC(N)=O)NC(=O)C(NC(=O)CNC(=O)CNC(=O)C(CCCCN)NC(=O)C(C)NC(=O)[C@@H]2CCNc3c(NC(=O)CCC(N)=O)cc4cc(O)c(=O)cc-4n32)C(O)C(=O)O)N1)C(=O)NC1CCCN(O)C1=O. The normalized spacial score (nSPS) is 18.2. The zero-order chi connectivity index (χ0) is 68.1. The van der Waals surface area contributed by atoms with Crippen LogP contribution in [0.5, 0.6) is 5.75 Å². The summed E-state index contributed by atoms with van der Waals surface area (Å²) >= 11 is 0. The van der Waals surface area contributed by atoms with Crippen molar-refractivity contribution in [3.05, 3.63) is 28.4 Å². The van der Waals surface area contributed by atoms with Gasteiger partial charge in [0, 0.05) is 50.5 Å². The van der Waals surface area contributed by atoms with Crippen LogP contribution in [0.4, 0.5) is 11.5 Å². The van der Waals surface area contributed by atoms with Crippen molar-refractivity contribution in [2.45, 2.75) is 145 Å². The molecule has 38 nitrogen and oxygen atoms in total. The number of benzene rings is 1. The van der Waals surface area contributed by atoms with E-state index < -0.39 is 181 Å². The van der Waals surface area contributed by atoms with E-state index in [0.717, 1.165) is 12.1 Å². The number of aromatic nitrogens is 1. The molecule has 0 saturated carbocycles. The molecule has 1 fully saturated rings. The number of hydrogen-bond donors (Lipinski definition) is 20. The molecule has 5 rings (SSSR count). The number of aromatic hydroxyl groups is 1. The van der Waals surface area contributed by atoms with Gasteiger partial charge in [0.15, 0.2) is 11.9 Å². The summed E-state index contributed by atoms with van der Waals surface area (Å²) < 4.78 is 1.41. The van der Waals surface area contributed by atoms with E-state index >= 15 is 0 Å². The summed E-state index contributed by atoms with van der Waals surface area (Å²) in [4.78, 5) is 198. The van der Waals surface area contributed by atoms with Gasteiger partial charge in [-0.05, 0) is 83.9 Å². The second-order valence-electron chi connectivity index (χ2n) is 21.8. The van der Waals surface area contributed by atoms with Crippen LogP contribution in [0.15, 0.2) is 28.0 Å². The number of hydroxylamine groups is 2. The number of aliphatic hydroxyl groups excluding tert-OH is 2. The molecule has 23 N–H and O–H groups in total. The highest BCUT2D eigenvalue weighted by Crippen LogP contribution is 2.39. The average Bonchev–Trinajstić information content (AvgIpc) is 0.753. The van der Waals surface area contributed by atoms with Crippen LogP contribution in [0.2, 0.25) is 0 Å². The Morgan fingerprint density at radius 2 is 1.42 bits per heavy atom. The number of phenols is 1. The van der Waals surface area contributed by atoms with E-state index in [1.165, 1.54) is 24.5 Å². The fraction of sp³-hybridized carbons (Fsp3) is 0.556. The summed E-state index contributed by atoms with van der Waals surface area (Å²) in [6.45, 7) is 0.115. The number of phenolic OH excluding ortho intramolecular Hbond substituents is 1. The van der Waals surface area contributed by atoms with Crippen LogP contribution in [0.1, 0.15) is 90.5 Å². The van der Waals surface area contributed by atoms with Crippen molar-refractivity contribution in [2.75, 3.05) is 56.5 Å². The summed E-state index contributed by atoms with van der Waals surface area (Å²) in [5.41, 5.74) is 16.0. The van der Waals surface area contributed by atoms with Crippen molar-refractivity contribution in [3.63, 3.8) is 0 Å². The standard InChI is InChI=1S/C54H78N18O20/c1-24(47(83)68-30-7-5-17-71(92)53(30)89)62-50(86)32(23-73)69-49(85)29-12-15-58-44(65-29)27(8-9-37(56)76)66-52(88)42(43(81)54(90)91)70-41(80)22-60-40(79)21-61-48(84)28(6-3-4-14-55)67-46(82)25(2)63-51(87)33-13-16-59-45-31(64-39(78)11-10-38(57)77)18-26-19-35(74)36(75)20-34(26)72(33)45/h18-20,24-25,27-30,32-33,42-43,59,73-74,81,92H,3-17,21-23,55H2,1-2H3,(H2,56,76)(H2,57,77)(H,58,65)(H,60,79)(H,61,84)(H,62,86)(H,63,87)(H,64,78)(H,66,88)(H,67,82)(H,68,83)(H,69,85)(H,70,80)(H,90,91)/t24?,25?,27?,28?,29?,30?,32?,33-,42?,43?/m0/s1. The molecule has 9 unspecified atom stereocenters. The first-order valence-electron chi connectivity index (χ1n) is 29.2. The molecule has 4 heterocycles. The number of nitrogens with zero attached hydrogens (tertiary/aromatic N) is 3. The number of piperidine rings is 1. The van der Waals surface area contributed by atoms with Gasteiger partial charge >= 0.3 is 5.97 Å². The number of unbranched alkanes of at least 4 members (excludes halogenated alkanes) is 1. The van der Waals surface area contributed by atoms with Crippen molar-refractivity contribution in [1.29, 1.82) is 0 Å². The molecule has 1 aliphatic carbocycles. The number of amides is 13. The smallest absolute Gasteiger partial charge is 0.335 e. The third-order valence-corrected chi connectivity index (χ3v) is 14.7. The van der Waals surface area contributed by atoms with E-state index in [4.69, 9.17) is 17.2 Å². The number of amidine groups is 1. The van der Waals surface area contributed by atoms with Crippen LogP contribution in [-0.2, 0) is 67.1 Å². The predicted molar refractivity (Wildman–Crippen MR) is 318 cm³/mol. The predicted octanol–water partition coefficient (Wildman–Crippen LogP) is -8.51. The molecule has 0 radical (unpaired) electrons. The molecule has 5 aliphatic rings. The molecular formula is C54H78N18O20. The Balaban J connectivity index is 1.17. The van der Waals surface area contributed by atoms with Gasteiger partial charge in [0.1, 0.15) is 60.0 Å². The molecule has 0 bridgehead atoms. The summed E-state index contributed by atoms with van der Waals surface area (Å²) in [5, 5.41) is 80.2. The topological polar surface area (TPSA) is 600 Å². The highest BCUT2D eigenvalue weighted by atomic mass is 16.5. The molecule has 0 aromatic carbocycles. The Hall–Kier alpha value is -10.1. The number of pyridine rings is 1. The van der Waals surface area contributed by atoms with Crippen LogP contribution in [0.3, 0.4) is 0 Å². The minimum atomic E-state index is -2.65. The number of hydrogen-bond acceptors (Lipinski definition) is 23. The number of aliphatic carboxylic acids is 1. The summed E-state index contributed by atoms with van der Waals surface area (Å²) in [6.07, 6.45) is -2.68. The van der Waals surface area contributed by atoms with E-state index in [2.05, 4.69) is 63.5 Å². The number of fused-ring (bicyclic) bond motifs is 3. The number of aliphatic imine (C=N–C) groups is 1. The average molecular weight is 1300 g/mol. The van der Waals surface area contributed by atoms with Gasteiger partial charge in [-0.1, -0.05) is 0 Å². The van der Waals surface area contributed by atoms with Gasteiger partial charge in [0.2, 0.25) is 76.3 Å². The molecule has 0 aromatic heterocycles. The number of aliphatic hydroxyl groups is 2. The second kappa shape index (κ2) is 34.2. The number of nitrogens with one attached hydrogen (secondary N) is 12. The third-order valence-electron chi connectivity index (χ3n) is 14.7. The van der Waals surface area contributed by atoms with E-state index in [0.29, 0.717) is 24.3 Å². The third kappa shape index (κ3) is 20.7. The lowest BCUT2D eigenvalue weighted by atomic mass is 10.0. The fourth-order valence-electron chi connectivity index (χ4n) is 9.72. The molecule has 504 valence electrons. The first kappa shape index (κ1) is 72.7. The number of carboxylic acid groups (broad SMARTS) is 1. The zero-order valence-electron chi connectivity index (χ0n) is 50.2. The number of rotatable bonds is 33. The maximum absolute atomic E-state index is 14.1. The van der Waals surface area contributed by atoms with Gasteiger partial charge in [0.25, 0.3) is 5.91 Å². The molecule has 10 atom stereocenters. The Kier molecular flexibility index (Phi) is 27.0. The van der Waals surface area contributed by atoms with Gasteiger partial charge in [-0.15, -0.1) is 0 Å². The van der Waals surface area contributed by atoms with Gasteiger partial charge in [0.05, 0.1) is 37.1 Å². The minimum absolute atomic E-state index is 0.0198. The molecule has 92 heavy (non-hydrogen) atoms. The fourth-order valence-corrected chi connectivity index (χ4v) is 9.72. The number of carboxylic acids is 1. The minimum Gasteiger partial charge on any atom is -0.504 e. The monoisotopic (exact) mass is 1300 g/mol. The Labute approximate surface area is 523 Å². The van der Waals surface area contributed by atoms with E-state index in [9.17, 15) is 97.6 Å². The van der Waals surface area contributed by atoms with Gasteiger partial charge in [-0.3, -0.25) is 77.3 Å². The first-order valence-corrected chi connectivity index (χ1v) is 29.2. The zero-order valence-corrected chi connectivity index (χ0v) is 50.2. The Bertz CT molecular complexity index is 3200. The largest absolute Gasteiger partial charge is 0.504 e. The summed E-state index contributed by atoms with van der Waals surface area (Å²) in [5.74, 6) is -14.5. The van der Waals surface area contributed by atoms with Crippen molar-refractivity contribution in [1.82, 2.24) is 62.8 Å². The second-order valence-corrected chi connectivity index (χ2v) is 21.8. The van der Waals surface area contributed by atoms with Crippen LogP contribution < -0.4 is 86.4 Å². The van der Waals surface area contributed by atoms with Crippen molar-refractivity contribution < 1.29 is 92.8 Å². The Morgan fingerprint density at radius 3 is 2.10 bits per heavy atom. The number of anilines is 2. The number of carbonyl (C=O) groups excluding carboxylic acids is 13. The molecule has 38 heteroatoms. The first-order chi connectivity index (χ1) is 43.5. The summed E-state index contributed by atoms with van der Waals surface area (Å²) in [7, 11) is 0. The van der Waals surface area contributed by atoms with Gasteiger partial charge in [-0.2, -0.15) is 0 Å². The van der Waals surface area contributed by atoms with Crippen molar-refractivity contribution in [3.8, 4) is 17.0 Å². The Morgan fingerprint density at radius 1 is 0.728 bits per heavy atom.